The predicted octanol–water partition coefficient (Wildman–Crippen LogP) is 2.35. The van der Waals surface area contributed by atoms with E-state index in [1.165, 1.54) is 0 Å². The number of unbranched alkanes of at least 4 members (excludes halogenated alkanes) is 2. The summed E-state index contributed by atoms with van der Waals surface area (Å²) in [5.74, 6) is 0.887. The number of benzene rings is 1. The fourth-order valence-corrected chi connectivity index (χ4v) is 1.01. The van der Waals surface area contributed by atoms with Crippen molar-refractivity contribution >= 4 is 6.29 Å². The van der Waals surface area contributed by atoms with Crippen molar-refractivity contribution in [3.63, 3.8) is 0 Å². The number of carbonyl (C=O) groups excluding carboxylic acids is 1. The molecule has 0 N–H and O–H groups in total. The lowest BCUT2D eigenvalue weighted by molar-refractivity contribution is 0.307. The van der Waals surface area contributed by atoms with Gasteiger partial charge in [0.05, 0.1) is 6.61 Å². The summed E-state index contributed by atoms with van der Waals surface area (Å²) in [6.07, 6.45) is 4.14. The molecule has 0 aromatic heterocycles. The molecule has 2 nitrogen and oxygen atoms in total. The number of hydrogen-bond acceptors (Lipinski definition) is 2. The molecule has 0 saturated heterocycles. The molecule has 0 fully saturated rings. The second-order valence-electron chi connectivity index (χ2n) is 2.76. The zero-order valence-electron chi connectivity index (χ0n) is 7.53. The van der Waals surface area contributed by atoms with Gasteiger partial charge in [-0.15, -0.1) is 0 Å². The maximum Gasteiger partial charge on any atom is 0.198 e. The molecule has 0 atom stereocenters. The van der Waals surface area contributed by atoms with Gasteiger partial charge in [0.25, 0.3) is 0 Å². The first-order chi connectivity index (χ1) is 6.43. The van der Waals surface area contributed by atoms with Gasteiger partial charge in [0.15, 0.2) is 6.29 Å². The number of hydrogen-bond donors (Lipinski definition) is 0. The molecule has 0 amide bonds. The minimum Gasteiger partial charge on any atom is -0.494 e. The lowest BCUT2D eigenvalue weighted by atomic mass is 10.2. The molecule has 0 heterocycles. The van der Waals surface area contributed by atoms with Crippen molar-refractivity contribution in [2.24, 2.45) is 0 Å². The molecule has 13 heavy (non-hydrogen) atoms. The van der Waals surface area contributed by atoms with Crippen LogP contribution in [-0.4, -0.2) is 12.9 Å². The molecule has 0 aliphatic carbocycles. The highest BCUT2D eigenvalue weighted by Gasteiger charge is 1.91. The van der Waals surface area contributed by atoms with Crippen molar-refractivity contribution in [1.82, 2.24) is 0 Å². The Balaban J connectivity index is 2.10. The average Bonchev–Trinajstić information content (AvgIpc) is 2.19. The van der Waals surface area contributed by atoms with Crippen molar-refractivity contribution in [2.45, 2.75) is 19.3 Å². The smallest absolute Gasteiger partial charge is 0.198 e. The molecule has 0 unspecified atom stereocenters. The van der Waals surface area contributed by atoms with Crippen LogP contribution < -0.4 is 4.74 Å². The van der Waals surface area contributed by atoms with E-state index >= 15 is 0 Å². The zero-order valence-corrected chi connectivity index (χ0v) is 7.53. The Morgan fingerprint density at radius 2 is 1.92 bits per heavy atom. The van der Waals surface area contributed by atoms with Crippen molar-refractivity contribution in [3.05, 3.63) is 30.3 Å². The zero-order chi connectivity index (χ0) is 9.36. The maximum atomic E-state index is 9.87. The third-order valence-corrected chi connectivity index (χ3v) is 1.69. The second-order valence-corrected chi connectivity index (χ2v) is 2.76. The fraction of sp³-hybridized carbons (Fsp3) is 0.364. The Morgan fingerprint density at radius 1 is 1.15 bits per heavy atom. The lowest BCUT2D eigenvalue weighted by Crippen LogP contribution is -1.96. The Morgan fingerprint density at radius 3 is 2.62 bits per heavy atom. The van der Waals surface area contributed by atoms with Gasteiger partial charge in [-0.1, -0.05) is 18.2 Å². The highest BCUT2D eigenvalue weighted by molar-refractivity contribution is 5.50. The highest BCUT2D eigenvalue weighted by Crippen LogP contribution is 2.08. The Bertz CT molecular complexity index is 231. The van der Waals surface area contributed by atoms with Crippen molar-refractivity contribution in [2.75, 3.05) is 6.61 Å². The van der Waals surface area contributed by atoms with E-state index in [1.807, 2.05) is 36.6 Å². The van der Waals surface area contributed by atoms with E-state index in [0.29, 0.717) is 13.0 Å². The van der Waals surface area contributed by atoms with Crippen LogP contribution in [0.3, 0.4) is 0 Å². The first-order valence-electron chi connectivity index (χ1n) is 4.46. The molecule has 1 aromatic carbocycles. The van der Waals surface area contributed by atoms with E-state index in [9.17, 15) is 4.79 Å². The largest absolute Gasteiger partial charge is 0.494 e. The molecular formula is C11H13O2. The van der Waals surface area contributed by atoms with Gasteiger partial charge in [-0.2, -0.15) is 0 Å². The minimum absolute atomic E-state index is 0.512. The summed E-state index contributed by atoms with van der Waals surface area (Å²) in [4.78, 5) is 9.87. The van der Waals surface area contributed by atoms with Crippen molar-refractivity contribution in [3.8, 4) is 5.75 Å². The molecule has 1 aromatic rings. The Kier molecular flexibility index (Phi) is 4.69. The molecule has 2 heteroatoms. The van der Waals surface area contributed by atoms with Gasteiger partial charge in [0, 0.05) is 6.42 Å². The van der Waals surface area contributed by atoms with Crippen LogP contribution in [0.5, 0.6) is 5.75 Å². The van der Waals surface area contributed by atoms with Crippen LogP contribution >= 0.6 is 0 Å². The van der Waals surface area contributed by atoms with E-state index in [-0.39, 0.29) is 0 Å². The lowest BCUT2D eigenvalue weighted by Gasteiger charge is -2.03. The standard InChI is InChI=1S/C11H13O2/c12-9-5-2-6-10-13-11-7-3-1-4-8-11/h1,3-4,7-8H,2,5-6,10H2. The van der Waals surface area contributed by atoms with Gasteiger partial charge in [-0.25, -0.2) is 0 Å². The Labute approximate surface area is 78.5 Å². The van der Waals surface area contributed by atoms with E-state index < -0.39 is 0 Å². The third kappa shape index (κ3) is 4.31. The first-order valence-corrected chi connectivity index (χ1v) is 4.46. The molecule has 0 saturated carbocycles. The maximum absolute atomic E-state index is 9.87. The van der Waals surface area contributed by atoms with Crippen LogP contribution in [0, 0.1) is 0 Å². The molecule has 0 bridgehead atoms. The SMILES string of the molecule is O=[C]CCCCOc1ccccc1. The monoisotopic (exact) mass is 177 g/mol. The molecule has 0 aliphatic rings. The topological polar surface area (TPSA) is 26.3 Å². The molecule has 1 radical (unpaired) electrons. The molecule has 0 aliphatic heterocycles. The van der Waals surface area contributed by atoms with Gasteiger partial charge in [0.1, 0.15) is 5.75 Å². The molecule has 69 valence electrons. The first kappa shape index (κ1) is 9.78. The predicted molar refractivity (Wildman–Crippen MR) is 51.5 cm³/mol. The summed E-state index contributed by atoms with van der Waals surface area (Å²) in [7, 11) is 0. The fourth-order valence-electron chi connectivity index (χ4n) is 1.01. The van der Waals surface area contributed by atoms with E-state index in [2.05, 4.69) is 0 Å². The molecule has 1 rings (SSSR count). The van der Waals surface area contributed by atoms with E-state index in [1.54, 1.807) is 0 Å². The number of ether oxygens (including phenoxy) is 1. The second kappa shape index (κ2) is 6.23. The van der Waals surface area contributed by atoms with Crippen molar-refractivity contribution in [1.29, 1.82) is 0 Å². The van der Waals surface area contributed by atoms with E-state index in [0.717, 1.165) is 18.6 Å². The summed E-state index contributed by atoms with van der Waals surface area (Å²) in [5.41, 5.74) is 0. The van der Waals surface area contributed by atoms with Crippen LogP contribution in [0.1, 0.15) is 19.3 Å². The quantitative estimate of drug-likeness (QED) is 0.623. The highest BCUT2D eigenvalue weighted by atomic mass is 16.5. The van der Waals surface area contributed by atoms with Gasteiger partial charge in [-0.05, 0) is 25.0 Å². The summed E-state index contributed by atoms with van der Waals surface area (Å²) < 4.78 is 5.42. The van der Waals surface area contributed by atoms with Gasteiger partial charge < -0.3 is 4.74 Å². The summed E-state index contributed by atoms with van der Waals surface area (Å²) in [5, 5.41) is 0. The normalized spacial score (nSPS) is 9.54. The third-order valence-electron chi connectivity index (χ3n) is 1.69. The summed E-state index contributed by atoms with van der Waals surface area (Å²) >= 11 is 0. The number of rotatable bonds is 6. The van der Waals surface area contributed by atoms with E-state index in [4.69, 9.17) is 4.74 Å². The van der Waals surface area contributed by atoms with Crippen LogP contribution in [-0.2, 0) is 4.79 Å². The van der Waals surface area contributed by atoms with Gasteiger partial charge >= 0.3 is 0 Å². The Hall–Kier alpha value is -1.31. The molecular weight excluding hydrogens is 164 g/mol. The van der Waals surface area contributed by atoms with Crippen LogP contribution in [0.4, 0.5) is 0 Å². The molecule has 0 spiro atoms. The van der Waals surface area contributed by atoms with Crippen LogP contribution in [0.25, 0.3) is 0 Å². The van der Waals surface area contributed by atoms with Crippen LogP contribution in [0.2, 0.25) is 0 Å². The van der Waals surface area contributed by atoms with Gasteiger partial charge in [-0.3, -0.25) is 4.79 Å². The summed E-state index contributed by atoms with van der Waals surface area (Å²) in [6.45, 7) is 0.672. The summed E-state index contributed by atoms with van der Waals surface area (Å²) in [6, 6.07) is 9.68. The van der Waals surface area contributed by atoms with Gasteiger partial charge in [0.2, 0.25) is 0 Å². The van der Waals surface area contributed by atoms with Crippen LogP contribution in [0.15, 0.2) is 30.3 Å². The average molecular weight is 177 g/mol. The number of para-hydroxylation sites is 1. The van der Waals surface area contributed by atoms with Crippen molar-refractivity contribution < 1.29 is 9.53 Å². The minimum atomic E-state index is 0.512.